The first kappa shape index (κ1) is 21.5. The fraction of sp³-hybridized carbons (Fsp3) is 0.227. The summed E-state index contributed by atoms with van der Waals surface area (Å²) in [6.45, 7) is 2.77. The number of nitro groups is 1. The third-order valence-electron chi connectivity index (χ3n) is 5.01. The van der Waals surface area contributed by atoms with E-state index in [0.717, 1.165) is 11.9 Å². The third kappa shape index (κ3) is 4.47. The van der Waals surface area contributed by atoms with Crippen LogP contribution in [-0.4, -0.2) is 37.0 Å². The Morgan fingerprint density at radius 3 is 2.78 bits per heavy atom. The standard InChI is InChI=1S/C22H20ClN5O4/c1-2-10-27(13-20-24-25-22(32-20)17-5-3-4-6-18(17)23)21(29)14-26-11-9-15-12-16(28(30)31)7-8-19(15)26/h3-9,11-12H,2,10,13-14H2,1H3. The summed E-state index contributed by atoms with van der Waals surface area (Å²) in [4.78, 5) is 25.2. The van der Waals surface area contributed by atoms with Crippen LogP contribution in [0, 0.1) is 10.1 Å². The summed E-state index contributed by atoms with van der Waals surface area (Å²) in [6.07, 6.45) is 2.51. The first-order valence-corrected chi connectivity index (χ1v) is 10.4. The molecule has 0 saturated heterocycles. The molecule has 0 spiro atoms. The summed E-state index contributed by atoms with van der Waals surface area (Å²) in [5.74, 6) is 0.488. The molecule has 2 aromatic carbocycles. The van der Waals surface area contributed by atoms with Gasteiger partial charge in [-0.2, -0.15) is 0 Å². The van der Waals surface area contributed by atoms with Crippen molar-refractivity contribution in [3.63, 3.8) is 0 Å². The Bertz CT molecular complexity index is 1280. The smallest absolute Gasteiger partial charge is 0.270 e. The number of nitro benzene ring substituents is 1. The molecule has 0 N–H and O–H groups in total. The predicted molar refractivity (Wildman–Crippen MR) is 119 cm³/mol. The zero-order valence-electron chi connectivity index (χ0n) is 17.3. The van der Waals surface area contributed by atoms with Gasteiger partial charge in [0, 0.05) is 35.8 Å². The van der Waals surface area contributed by atoms with Gasteiger partial charge in [-0.3, -0.25) is 14.9 Å². The van der Waals surface area contributed by atoms with E-state index in [9.17, 15) is 14.9 Å². The Morgan fingerprint density at radius 2 is 2.03 bits per heavy atom. The molecule has 2 aromatic heterocycles. The normalized spacial score (nSPS) is 11.1. The quantitative estimate of drug-likeness (QED) is 0.283. The van der Waals surface area contributed by atoms with Crippen molar-refractivity contribution >= 4 is 34.1 Å². The summed E-state index contributed by atoms with van der Waals surface area (Å²) in [5, 5.41) is 20.3. The monoisotopic (exact) mass is 453 g/mol. The minimum absolute atomic E-state index is 0.0138. The van der Waals surface area contributed by atoms with Gasteiger partial charge in [-0.25, -0.2) is 0 Å². The third-order valence-corrected chi connectivity index (χ3v) is 5.34. The van der Waals surface area contributed by atoms with Crippen molar-refractivity contribution in [2.24, 2.45) is 0 Å². The molecule has 0 unspecified atom stereocenters. The van der Waals surface area contributed by atoms with E-state index in [-0.39, 0.29) is 24.7 Å². The van der Waals surface area contributed by atoms with Crippen LogP contribution in [-0.2, 0) is 17.9 Å². The summed E-state index contributed by atoms with van der Waals surface area (Å²) in [6, 6.07) is 13.5. The lowest BCUT2D eigenvalue weighted by Gasteiger charge is -2.21. The molecule has 0 radical (unpaired) electrons. The molecule has 32 heavy (non-hydrogen) atoms. The van der Waals surface area contributed by atoms with Gasteiger partial charge in [0.05, 0.1) is 22.1 Å². The lowest BCUT2D eigenvalue weighted by Crippen LogP contribution is -2.34. The molecule has 4 rings (SSSR count). The van der Waals surface area contributed by atoms with Crippen LogP contribution >= 0.6 is 11.6 Å². The van der Waals surface area contributed by atoms with Crippen molar-refractivity contribution < 1.29 is 14.1 Å². The van der Waals surface area contributed by atoms with Gasteiger partial charge in [0.1, 0.15) is 6.54 Å². The SMILES string of the molecule is CCCN(Cc1nnc(-c2ccccc2Cl)o1)C(=O)Cn1ccc2cc([N+](=O)[O-])ccc21. The minimum Gasteiger partial charge on any atom is -0.419 e. The largest absolute Gasteiger partial charge is 0.419 e. The van der Waals surface area contributed by atoms with Crippen LogP contribution < -0.4 is 0 Å². The maximum Gasteiger partial charge on any atom is 0.270 e. The number of nitrogens with zero attached hydrogens (tertiary/aromatic N) is 5. The van der Waals surface area contributed by atoms with Gasteiger partial charge in [0.25, 0.3) is 5.69 Å². The van der Waals surface area contributed by atoms with Crippen LogP contribution in [0.5, 0.6) is 0 Å². The predicted octanol–water partition coefficient (Wildman–Crippen LogP) is 4.69. The Kier molecular flexibility index (Phi) is 6.18. The van der Waals surface area contributed by atoms with Gasteiger partial charge in [0.2, 0.25) is 17.7 Å². The highest BCUT2D eigenvalue weighted by Gasteiger charge is 2.19. The Morgan fingerprint density at radius 1 is 1.22 bits per heavy atom. The first-order chi connectivity index (χ1) is 15.5. The Labute approximate surface area is 188 Å². The topological polar surface area (TPSA) is 107 Å². The fourth-order valence-electron chi connectivity index (χ4n) is 3.47. The lowest BCUT2D eigenvalue weighted by atomic mass is 10.2. The highest BCUT2D eigenvalue weighted by molar-refractivity contribution is 6.33. The number of benzene rings is 2. The van der Waals surface area contributed by atoms with Crippen molar-refractivity contribution in [3.8, 4) is 11.5 Å². The number of carbonyl (C=O) groups is 1. The van der Waals surface area contributed by atoms with Crippen molar-refractivity contribution in [2.45, 2.75) is 26.4 Å². The molecule has 4 aromatic rings. The zero-order valence-corrected chi connectivity index (χ0v) is 18.0. The molecule has 9 nitrogen and oxygen atoms in total. The second-order valence-electron chi connectivity index (χ2n) is 7.24. The van der Waals surface area contributed by atoms with E-state index in [0.29, 0.717) is 34.3 Å². The number of aromatic nitrogens is 3. The lowest BCUT2D eigenvalue weighted by molar-refractivity contribution is -0.384. The highest BCUT2D eigenvalue weighted by Crippen LogP contribution is 2.26. The van der Waals surface area contributed by atoms with Crippen molar-refractivity contribution in [1.82, 2.24) is 19.7 Å². The number of non-ortho nitro benzene ring substituents is 1. The van der Waals surface area contributed by atoms with Gasteiger partial charge in [-0.05, 0) is 30.7 Å². The minimum atomic E-state index is -0.438. The van der Waals surface area contributed by atoms with Crippen LogP contribution in [0.2, 0.25) is 5.02 Å². The molecule has 164 valence electrons. The number of halogens is 1. The second kappa shape index (κ2) is 9.19. The molecule has 2 heterocycles. The number of hydrogen-bond acceptors (Lipinski definition) is 6. The Balaban J connectivity index is 1.51. The van der Waals surface area contributed by atoms with Gasteiger partial charge >= 0.3 is 0 Å². The highest BCUT2D eigenvalue weighted by atomic mass is 35.5. The van der Waals surface area contributed by atoms with Crippen LogP contribution in [0.3, 0.4) is 0 Å². The molecule has 0 aliphatic rings. The molecule has 10 heteroatoms. The molecule has 0 atom stereocenters. The average Bonchev–Trinajstić information content (AvgIpc) is 3.40. The van der Waals surface area contributed by atoms with Crippen LogP contribution in [0.15, 0.2) is 59.1 Å². The molecule has 0 aliphatic carbocycles. The molecular formula is C22H20ClN5O4. The van der Waals surface area contributed by atoms with E-state index in [1.165, 1.54) is 12.1 Å². The van der Waals surface area contributed by atoms with E-state index in [4.69, 9.17) is 16.0 Å². The van der Waals surface area contributed by atoms with Gasteiger partial charge in [-0.1, -0.05) is 30.7 Å². The van der Waals surface area contributed by atoms with Crippen molar-refractivity contribution in [1.29, 1.82) is 0 Å². The summed E-state index contributed by atoms with van der Waals surface area (Å²) in [7, 11) is 0. The average molecular weight is 454 g/mol. The maximum atomic E-state index is 13.0. The summed E-state index contributed by atoms with van der Waals surface area (Å²) in [5.41, 5.74) is 1.40. The second-order valence-corrected chi connectivity index (χ2v) is 7.65. The zero-order chi connectivity index (χ0) is 22.7. The maximum absolute atomic E-state index is 13.0. The van der Waals surface area contributed by atoms with Gasteiger partial charge in [-0.15, -0.1) is 10.2 Å². The van der Waals surface area contributed by atoms with E-state index in [2.05, 4.69) is 10.2 Å². The van der Waals surface area contributed by atoms with Crippen molar-refractivity contribution in [2.75, 3.05) is 6.54 Å². The number of amides is 1. The molecule has 0 bridgehead atoms. The van der Waals surface area contributed by atoms with Gasteiger partial charge in [0.15, 0.2) is 0 Å². The van der Waals surface area contributed by atoms with E-state index < -0.39 is 4.92 Å². The summed E-state index contributed by atoms with van der Waals surface area (Å²) >= 11 is 6.20. The number of rotatable bonds is 8. The molecular weight excluding hydrogens is 434 g/mol. The Hall–Kier alpha value is -3.72. The van der Waals surface area contributed by atoms with Crippen molar-refractivity contribution in [3.05, 3.63) is 75.8 Å². The van der Waals surface area contributed by atoms with Gasteiger partial charge < -0.3 is 13.9 Å². The van der Waals surface area contributed by atoms with Crippen LogP contribution in [0.4, 0.5) is 5.69 Å². The fourth-order valence-corrected chi connectivity index (χ4v) is 3.69. The number of fused-ring (bicyclic) bond motifs is 1. The van der Waals surface area contributed by atoms with E-state index >= 15 is 0 Å². The van der Waals surface area contributed by atoms with Crippen LogP contribution in [0.1, 0.15) is 19.2 Å². The molecule has 0 saturated carbocycles. The summed E-state index contributed by atoms with van der Waals surface area (Å²) < 4.78 is 7.52. The molecule has 0 fully saturated rings. The molecule has 0 aliphatic heterocycles. The number of hydrogen-bond donors (Lipinski definition) is 0. The van der Waals surface area contributed by atoms with E-state index in [1.807, 2.05) is 19.1 Å². The van der Waals surface area contributed by atoms with Crippen LogP contribution in [0.25, 0.3) is 22.4 Å². The number of carbonyl (C=O) groups excluding carboxylic acids is 1. The first-order valence-electron chi connectivity index (χ1n) is 10.0. The molecule has 1 amide bonds. The van der Waals surface area contributed by atoms with E-state index in [1.54, 1.807) is 39.9 Å².